The lowest BCUT2D eigenvalue weighted by atomic mass is 10.1. The zero-order chi connectivity index (χ0) is 20.8. The summed E-state index contributed by atoms with van der Waals surface area (Å²) >= 11 is 8.25. The molecule has 0 spiro atoms. The third-order valence-electron chi connectivity index (χ3n) is 5.69. The van der Waals surface area contributed by atoms with E-state index in [-0.39, 0.29) is 0 Å². The minimum atomic E-state index is 0.727. The third kappa shape index (κ3) is 3.16. The Morgan fingerprint density at radius 3 is 2.16 bits per heavy atom. The number of anilines is 3. The van der Waals surface area contributed by atoms with Gasteiger partial charge in [0.1, 0.15) is 0 Å². The Morgan fingerprint density at radius 2 is 1.26 bits per heavy atom. The Labute approximate surface area is 189 Å². The van der Waals surface area contributed by atoms with E-state index in [1.807, 2.05) is 29.5 Å². The van der Waals surface area contributed by atoms with Gasteiger partial charge in [0.25, 0.3) is 0 Å². The Hall–Kier alpha value is -3.33. The fraction of sp³-hybridized carbons (Fsp3) is 0. The highest BCUT2D eigenvalue weighted by molar-refractivity contribution is 7.25. The number of fused-ring (bicyclic) bond motifs is 4. The molecule has 0 radical (unpaired) electrons. The van der Waals surface area contributed by atoms with Crippen LogP contribution in [-0.2, 0) is 0 Å². The van der Waals surface area contributed by atoms with E-state index in [9.17, 15) is 0 Å². The molecule has 6 rings (SSSR count). The van der Waals surface area contributed by atoms with Gasteiger partial charge < -0.3 is 4.90 Å². The van der Waals surface area contributed by atoms with E-state index < -0.39 is 0 Å². The maximum atomic E-state index is 6.41. The maximum Gasteiger partial charge on any atom is 0.0540 e. The predicted molar refractivity (Wildman–Crippen MR) is 137 cm³/mol. The molecule has 1 heterocycles. The standard InChI is InChI=1S/C28H18ClNS/c29-20-9-6-10-21(17-20)30(26-13-5-8-19-7-1-2-11-23(19)26)22-15-16-28-25(18-22)24-12-3-4-14-27(24)31-28/h1-18H. The molecule has 148 valence electrons. The topological polar surface area (TPSA) is 3.24 Å². The number of halogens is 1. The van der Waals surface area contributed by atoms with Crippen LogP contribution in [0.4, 0.5) is 17.1 Å². The molecule has 0 atom stereocenters. The fourth-order valence-corrected chi connectivity index (χ4v) is 5.57. The zero-order valence-corrected chi connectivity index (χ0v) is 18.2. The van der Waals surface area contributed by atoms with E-state index in [1.165, 1.54) is 30.9 Å². The molecule has 0 bridgehead atoms. The van der Waals surface area contributed by atoms with Gasteiger partial charge in [0.15, 0.2) is 0 Å². The van der Waals surface area contributed by atoms with Gasteiger partial charge in [-0.1, -0.05) is 72.3 Å². The van der Waals surface area contributed by atoms with Crippen molar-refractivity contribution >= 4 is 70.9 Å². The van der Waals surface area contributed by atoms with E-state index >= 15 is 0 Å². The minimum absolute atomic E-state index is 0.727. The van der Waals surface area contributed by atoms with Crippen LogP contribution < -0.4 is 4.90 Å². The summed E-state index contributed by atoms with van der Waals surface area (Å²) in [7, 11) is 0. The van der Waals surface area contributed by atoms with Gasteiger partial charge in [-0.2, -0.15) is 0 Å². The van der Waals surface area contributed by atoms with Crippen molar-refractivity contribution < 1.29 is 0 Å². The maximum absolute atomic E-state index is 6.41. The van der Waals surface area contributed by atoms with Crippen LogP contribution >= 0.6 is 22.9 Å². The molecule has 0 aliphatic carbocycles. The summed E-state index contributed by atoms with van der Waals surface area (Å²) < 4.78 is 2.61. The largest absolute Gasteiger partial charge is 0.310 e. The molecule has 0 aliphatic rings. The van der Waals surface area contributed by atoms with E-state index in [2.05, 4.69) is 95.9 Å². The Bertz CT molecular complexity index is 1560. The first-order chi connectivity index (χ1) is 15.3. The van der Waals surface area contributed by atoms with E-state index in [0.29, 0.717) is 0 Å². The van der Waals surface area contributed by atoms with Gasteiger partial charge in [-0.25, -0.2) is 0 Å². The summed E-state index contributed by atoms with van der Waals surface area (Å²) in [6, 6.07) is 38.4. The highest BCUT2D eigenvalue weighted by Gasteiger charge is 2.17. The Kier molecular flexibility index (Phi) is 4.41. The molecule has 0 N–H and O–H groups in total. The summed E-state index contributed by atoms with van der Waals surface area (Å²) in [6.07, 6.45) is 0. The first kappa shape index (κ1) is 18.4. The molecule has 31 heavy (non-hydrogen) atoms. The predicted octanol–water partition coefficient (Wildman–Crippen LogP) is 9.33. The van der Waals surface area contributed by atoms with Crippen LogP contribution in [0.1, 0.15) is 0 Å². The van der Waals surface area contributed by atoms with Crippen molar-refractivity contribution in [1.29, 1.82) is 0 Å². The molecule has 0 aliphatic heterocycles. The molecule has 0 unspecified atom stereocenters. The zero-order valence-electron chi connectivity index (χ0n) is 16.6. The molecule has 0 amide bonds. The summed E-state index contributed by atoms with van der Waals surface area (Å²) in [4.78, 5) is 2.31. The average Bonchev–Trinajstić information content (AvgIpc) is 3.18. The molecular formula is C28H18ClNS. The molecule has 5 aromatic carbocycles. The molecule has 3 heteroatoms. The van der Waals surface area contributed by atoms with Crippen LogP contribution in [0.2, 0.25) is 5.02 Å². The molecule has 0 saturated heterocycles. The minimum Gasteiger partial charge on any atom is -0.310 e. The van der Waals surface area contributed by atoms with Gasteiger partial charge in [0, 0.05) is 42.0 Å². The van der Waals surface area contributed by atoms with Crippen molar-refractivity contribution in [2.24, 2.45) is 0 Å². The summed E-state index contributed by atoms with van der Waals surface area (Å²) in [5, 5.41) is 5.73. The number of hydrogen-bond donors (Lipinski definition) is 0. The van der Waals surface area contributed by atoms with Crippen LogP contribution in [0.15, 0.2) is 109 Å². The first-order valence-electron chi connectivity index (χ1n) is 10.2. The molecule has 0 fully saturated rings. The second-order valence-corrected chi connectivity index (χ2v) is 9.11. The van der Waals surface area contributed by atoms with Crippen molar-refractivity contribution in [3.63, 3.8) is 0 Å². The third-order valence-corrected chi connectivity index (χ3v) is 7.08. The second kappa shape index (κ2) is 7.42. The van der Waals surface area contributed by atoms with Crippen LogP contribution in [-0.4, -0.2) is 0 Å². The summed E-state index contributed by atoms with van der Waals surface area (Å²) in [6.45, 7) is 0. The average molecular weight is 436 g/mol. The van der Waals surface area contributed by atoms with Crippen LogP contribution in [0.5, 0.6) is 0 Å². The Balaban J connectivity index is 1.65. The SMILES string of the molecule is Clc1cccc(N(c2ccc3sc4ccccc4c3c2)c2cccc3ccccc23)c1. The highest BCUT2D eigenvalue weighted by atomic mass is 35.5. The number of hydrogen-bond acceptors (Lipinski definition) is 2. The van der Waals surface area contributed by atoms with Crippen molar-refractivity contribution in [1.82, 2.24) is 0 Å². The van der Waals surface area contributed by atoms with Crippen molar-refractivity contribution in [2.75, 3.05) is 4.90 Å². The van der Waals surface area contributed by atoms with Crippen molar-refractivity contribution in [3.8, 4) is 0 Å². The van der Waals surface area contributed by atoms with Crippen LogP contribution in [0.25, 0.3) is 30.9 Å². The lowest BCUT2D eigenvalue weighted by molar-refractivity contribution is 1.30. The molecule has 0 saturated carbocycles. The van der Waals surface area contributed by atoms with E-state index in [0.717, 1.165) is 22.1 Å². The van der Waals surface area contributed by atoms with Crippen LogP contribution in [0, 0.1) is 0 Å². The molecule has 6 aromatic rings. The van der Waals surface area contributed by atoms with Crippen molar-refractivity contribution in [3.05, 3.63) is 114 Å². The van der Waals surface area contributed by atoms with Gasteiger partial charge in [-0.15, -0.1) is 11.3 Å². The van der Waals surface area contributed by atoms with Gasteiger partial charge >= 0.3 is 0 Å². The van der Waals surface area contributed by atoms with E-state index in [1.54, 1.807) is 0 Å². The van der Waals surface area contributed by atoms with Gasteiger partial charge in [0.2, 0.25) is 0 Å². The smallest absolute Gasteiger partial charge is 0.0540 e. The quantitative estimate of drug-likeness (QED) is 0.267. The van der Waals surface area contributed by atoms with E-state index in [4.69, 9.17) is 11.6 Å². The number of nitrogens with zero attached hydrogens (tertiary/aromatic N) is 1. The fourth-order valence-electron chi connectivity index (χ4n) is 4.30. The van der Waals surface area contributed by atoms with Gasteiger partial charge in [-0.3, -0.25) is 0 Å². The normalized spacial score (nSPS) is 11.4. The van der Waals surface area contributed by atoms with Gasteiger partial charge in [0.05, 0.1) is 5.69 Å². The number of benzene rings is 5. The summed E-state index contributed by atoms with van der Waals surface area (Å²) in [5.41, 5.74) is 3.30. The lowest BCUT2D eigenvalue weighted by Gasteiger charge is -2.27. The molecule has 1 nitrogen and oxygen atoms in total. The molecule has 1 aromatic heterocycles. The Morgan fingerprint density at radius 1 is 0.548 bits per heavy atom. The monoisotopic (exact) mass is 435 g/mol. The van der Waals surface area contributed by atoms with Crippen molar-refractivity contribution in [2.45, 2.75) is 0 Å². The highest BCUT2D eigenvalue weighted by Crippen LogP contribution is 2.42. The van der Waals surface area contributed by atoms with Crippen LogP contribution in [0.3, 0.4) is 0 Å². The van der Waals surface area contributed by atoms with Gasteiger partial charge in [-0.05, 0) is 53.9 Å². The second-order valence-electron chi connectivity index (χ2n) is 7.59. The molecular weight excluding hydrogens is 418 g/mol. The number of thiophene rings is 1. The first-order valence-corrected chi connectivity index (χ1v) is 11.4. The summed E-state index contributed by atoms with van der Waals surface area (Å²) in [5.74, 6) is 0. The lowest BCUT2D eigenvalue weighted by Crippen LogP contribution is -2.10. The number of rotatable bonds is 3.